The van der Waals surface area contributed by atoms with Gasteiger partial charge in [-0.05, 0) is 46.5 Å². The molecule has 0 amide bonds. The largest absolute Gasteiger partial charge is 0.487 e. The molecule has 1 aliphatic rings. The van der Waals surface area contributed by atoms with E-state index in [1.54, 1.807) is 24.7 Å². The van der Waals surface area contributed by atoms with Gasteiger partial charge in [-0.1, -0.05) is 6.42 Å². The number of ether oxygens (including phenoxy) is 2. The third-order valence-corrected chi connectivity index (χ3v) is 5.48. The van der Waals surface area contributed by atoms with Crippen LogP contribution >= 0.6 is 0 Å². The van der Waals surface area contributed by atoms with E-state index in [4.69, 9.17) is 14.5 Å². The Bertz CT molecular complexity index is 1040. The van der Waals surface area contributed by atoms with Crippen molar-refractivity contribution in [1.82, 2.24) is 29.7 Å². The van der Waals surface area contributed by atoms with E-state index in [-0.39, 0.29) is 12.2 Å². The van der Waals surface area contributed by atoms with Gasteiger partial charge in [0.05, 0.1) is 48.1 Å². The van der Waals surface area contributed by atoms with Crippen LogP contribution < -0.4 is 14.8 Å². The average molecular weight is 438 g/mol. The molecule has 0 bridgehead atoms. The SMILES string of the molecule is Cc1nc(-c2cnn(C)c2CNc2nccc(OC(C)C)n2)ncc1OC1CCCCC1. The predicted octanol–water partition coefficient (Wildman–Crippen LogP) is 4.09. The molecule has 0 aromatic carbocycles. The second kappa shape index (κ2) is 9.93. The molecule has 1 N–H and O–H groups in total. The molecule has 0 unspecified atom stereocenters. The van der Waals surface area contributed by atoms with Crippen molar-refractivity contribution in [3.05, 3.63) is 36.0 Å². The molecule has 170 valence electrons. The van der Waals surface area contributed by atoms with E-state index in [1.807, 2.05) is 32.5 Å². The van der Waals surface area contributed by atoms with Gasteiger partial charge in [-0.15, -0.1) is 0 Å². The van der Waals surface area contributed by atoms with E-state index in [9.17, 15) is 0 Å². The van der Waals surface area contributed by atoms with Crippen LogP contribution in [0.2, 0.25) is 0 Å². The molecule has 0 saturated heterocycles. The van der Waals surface area contributed by atoms with Crippen LogP contribution in [0.4, 0.5) is 5.95 Å². The first-order valence-electron chi connectivity index (χ1n) is 11.2. The minimum atomic E-state index is 0.0480. The Morgan fingerprint density at radius 2 is 1.94 bits per heavy atom. The zero-order chi connectivity index (χ0) is 22.5. The Kier molecular flexibility index (Phi) is 6.82. The molecule has 1 saturated carbocycles. The summed E-state index contributed by atoms with van der Waals surface area (Å²) in [5.41, 5.74) is 2.64. The van der Waals surface area contributed by atoms with Crippen LogP contribution in [0.5, 0.6) is 11.6 Å². The molecule has 0 spiro atoms. The summed E-state index contributed by atoms with van der Waals surface area (Å²) in [6.07, 6.45) is 11.5. The van der Waals surface area contributed by atoms with Crippen LogP contribution in [-0.4, -0.2) is 41.9 Å². The molecule has 3 heterocycles. The van der Waals surface area contributed by atoms with Crippen LogP contribution in [0.15, 0.2) is 24.7 Å². The summed E-state index contributed by atoms with van der Waals surface area (Å²) in [4.78, 5) is 18.0. The van der Waals surface area contributed by atoms with Crippen molar-refractivity contribution in [3.8, 4) is 23.0 Å². The number of hydrogen-bond acceptors (Lipinski definition) is 8. The molecule has 1 fully saturated rings. The summed E-state index contributed by atoms with van der Waals surface area (Å²) < 4.78 is 13.6. The van der Waals surface area contributed by atoms with Crippen molar-refractivity contribution >= 4 is 5.95 Å². The maximum Gasteiger partial charge on any atom is 0.226 e. The maximum absolute atomic E-state index is 6.17. The van der Waals surface area contributed by atoms with Crippen molar-refractivity contribution < 1.29 is 9.47 Å². The number of aryl methyl sites for hydroxylation is 2. The van der Waals surface area contributed by atoms with Crippen molar-refractivity contribution in [2.24, 2.45) is 7.05 Å². The first-order chi connectivity index (χ1) is 15.5. The molecule has 9 nitrogen and oxygen atoms in total. The van der Waals surface area contributed by atoms with E-state index >= 15 is 0 Å². The molecular formula is C23H31N7O2. The third-order valence-electron chi connectivity index (χ3n) is 5.48. The summed E-state index contributed by atoms with van der Waals surface area (Å²) in [7, 11) is 1.90. The third kappa shape index (κ3) is 5.33. The molecule has 0 aliphatic heterocycles. The van der Waals surface area contributed by atoms with Gasteiger partial charge in [0.2, 0.25) is 11.8 Å². The van der Waals surface area contributed by atoms with Crippen molar-refractivity contribution in [1.29, 1.82) is 0 Å². The van der Waals surface area contributed by atoms with E-state index < -0.39 is 0 Å². The van der Waals surface area contributed by atoms with Crippen LogP contribution in [0.25, 0.3) is 11.4 Å². The predicted molar refractivity (Wildman–Crippen MR) is 122 cm³/mol. The van der Waals surface area contributed by atoms with Gasteiger partial charge in [-0.2, -0.15) is 10.1 Å². The quantitative estimate of drug-likeness (QED) is 0.563. The maximum atomic E-state index is 6.17. The second-order valence-corrected chi connectivity index (χ2v) is 8.39. The highest BCUT2D eigenvalue weighted by molar-refractivity contribution is 5.58. The molecule has 3 aromatic heterocycles. The van der Waals surface area contributed by atoms with Gasteiger partial charge in [-0.3, -0.25) is 4.68 Å². The topological polar surface area (TPSA) is 99.9 Å². The highest BCUT2D eigenvalue weighted by atomic mass is 16.5. The Morgan fingerprint density at radius 3 is 2.69 bits per heavy atom. The fourth-order valence-corrected chi connectivity index (χ4v) is 3.82. The highest BCUT2D eigenvalue weighted by Crippen LogP contribution is 2.27. The summed E-state index contributed by atoms with van der Waals surface area (Å²) in [6, 6.07) is 1.74. The van der Waals surface area contributed by atoms with Gasteiger partial charge in [-0.25, -0.2) is 15.0 Å². The lowest BCUT2D eigenvalue weighted by atomic mass is 9.98. The number of nitrogens with zero attached hydrogens (tertiary/aromatic N) is 6. The highest BCUT2D eigenvalue weighted by Gasteiger charge is 2.19. The van der Waals surface area contributed by atoms with E-state index in [1.165, 1.54) is 19.3 Å². The fraction of sp³-hybridized carbons (Fsp3) is 0.522. The minimum absolute atomic E-state index is 0.0480. The monoisotopic (exact) mass is 437 g/mol. The Labute approximate surface area is 188 Å². The molecule has 0 atom stereocenters. The van der Waals surface area contributed by atoms with E-state index in [0.717, 1.165) is 35.5 Å². The number of hydrogen-bond donors (Lipinski definition) is 1. The van der Waals surface area contributed by atoms with Crippen LogP contribution in [0, 0.1) is 6.92 Å². The summed E-state index contributed by atoms with van der Waals surface area (Å²) in [5, 5.41) is 7.66. The minimum Gasteiger partial charge on any atom is -0.487 e. The van der Waals surface area contributed by atoms with E-state index in [0.29, 0.717) is 24.2 Å². The molecule has 32 heavy (non-hydrogen) atoms. The van der Waals surface area contributed by atoms with Gasteiger partial charge in [0.1, 0.15) is 0 Å². The number of anilines is 1. The van der Waals surface area contributed by atoms with Crippen LogP contribution in [-0.2, 0) is 13.6 Å². The molecule has 0 radical (unpaired) electrons. The zero-order valence-corrected chi connectivity index (χ0v) is 19.2. The van der Waals surface area contributed by atoms with Gasteiger partial charge < -0.3 is 14.8 Å². The number of nitrogens with one attached hydrogen (secondary N) is 1. The van der Waals surface area contributed by atoms with Gasteiger partial charge in [0.15, 0.2) is 11.6 Å². The van der Waals surface area contributed by atoms with Gasteiger partial charge in [0.25, 0.3) is 0 Å². The standard InChI is InChI=1S/C23H31N7O2/c1-15(2)31-21-10-11-24-23(29-21)26-13-19-18(12-27-30(19)4)22-25-14-20(16(3)28-22)32-17-8-6-5-7-9-17/h10-12,14-15,17H,5-9,13H2,1-4H3,(H,24,26,29). The van der Waals surface area contributed by atoms with Crippen LogP contribution in [0.3, 0.4) is 0 Å². The summed E-state index contributed by atoms with van der Waals surface area (Å²) >= 11 is 0. The number of rotatable bonds is 8. The number of aromatic nitrogens is 6. The van der Waals surface area contributed by atoms with Gasteiger partial charge in [0, 0.05) is 19.3 Å². The Morgan fingerprint density at radius 1 is 1.12 bits per heavy atom. The Balaban J connectivity index is 1.48. The smallest absolute Gasteiger partial charge is 0.226 e. The molecule has 1 aliphatic carbocycles. The average Bonchev–Trinajstić information content (AvgIpc) is 3.14. The zero-order valence-electron chi connectivity index (χ0n) is 19.2. The van der Waals surface area contributed by atoms with Crippen molar-refractivity contribution in [2.75, 3.05) is 5.32 Å². The lowest BCUT2D eigenvalue weighted by Gasteiger charge is -2.23. The normalized spacial score (nSPS) is 14.5. The summed E-state index contributed by atoms with van der Waals surface area (Å²) in [5.74, 6) is 2.42. The lowest BCUT2D eigenvalue weighted by molar-refractivity contribution is 0.152. The first kappa shape index (κ1) is 22.0. The van der Waals surface area contributed by atoms with E-state index in [2.05, 4.69) is 25.4 Å². The second-order valence-electron chi connectivity index (χ2n) is 8.39. The Hall–Kier alpha value is -3.23. The van der Waals surface area contributed by atoms with Gasteiger partial charge >= 0.3 is 0 Å². The van der Waals surface area contributed by atoms with Crippen molar-refractivity contribution in [3.63, 3.8) is 0 Å². The fourth-order valence-electron chi connectivity index (χ4n) is 3.82. The molecule has 3 aromatic rings. The molecular weight excluding hydrogens is 406 g/mol. The molecule has 4 rings (SSSR count). The first-order valence-corrected chi connectivity index (χ1v) is 11.2. The van der Waals surface area contributed by atoms with Crippen molar-refractivity contribution in [2.45, 2.75) is 71.6 Å². The van der Waals surface area contributed by atoms with Crippen LogP contribution in [0.1, 0.15) is 57.3 Å². The summed E-state index contributed by atoms with van der Waals surface area (Å²) in [6.45, 7) is 6.36. The molecule has 9 heteroatoms. The lowest BCUT2D eigenvalue weighted by Crippen LogP contribution is -2.20.